The summed E-state index contributed by atoms with van der Waals surface area (Å²) >= 11 is 1.13. The van der Waals surface area contributed by atoms with Crippen molar-refractivity contribution in [3.05, 3.63) is 77.6 Å². The van der Waals surface area contributed by atoms with Gasteiger partial charge >= 0.3 is 12.1 Å². The molecule has 0 saturated heterocycles. The predicted octanol–water partition coefficient (Wildman–Crippen LogP) is 6.46. The highest BCUT2D eigenvalue weighted by molar-refractivity contribution is 8.00. The Morgan fingerprint density at radius 2 is 1.93 bits per heavy atom. The molecular weight excluding hydrogens is 413 g/mol. The topological polar surface area (TPSA) is 62.2 Å². The zero-order chi connectivity index (χ0) is 21.3. The monoisotopic (exact) mass is 430 g/mol. The van der Waals surface area contributed by atoms with Crippen LogP contribution in [0.3, 0.4) is 0 Å². The lowest BCUT2D eigenvalue weighted by Gasteiger charge is -2.16. The van der Waals surface area contributed by atoms with Crippen LogP contribution >= 0.6 is 11.9 Å². The van der Waals surface area contributed by atoms with Crippen LogP contribution in [0.5, 0.6) is 0 Å². The zero-order valence-electron chi connectivity index (χ0n) is 15.6. The molecular formula is C22H17F3N2O2S. The molecule has 4 rings (SSSR count). The van der Waals surface area contributed by atoms with Gasteiger partial charge in [-0.3, -0.25) is 4.98 Å². The minimum absolute atomic E-state index is 0.139. The van der Waals surface area contributed by atoms with Gasteiger partial charge in [0, 0.05) is 28.4 Å². The molecule has 30 heavy (non-hydrogen) atoms. The highest BCUT2D eigenvalue weighted by Gasteiger charge is 2.31. The van der Waals surface area contributed by atoms with Gasteiger partial charge in [-0.15, -0.1) is 0 Å². The molecule has 2 aromatic carbocycles. The standard InChI is InChI=1S/C22H17F3N2O2S/c23-22(24,25)16-6-8-17(15-2-1-9-26-12-15)19(11-16)27-30-20-10-14(21(28)29)5-7-18(20)13-3-4-13/h1-2,5-13,27H,3-4H2,(H,28,29). The second-order valence-electron chi connectivity index (χ2n) is 7.04. The van der Waals surface area contributed by atoms with E-state index in [1.54, 1.807) is 42.7 Å². The molecule has 154 valence electrons. The number of anilines is 1. The van der Waals surface area contributed by atoms with Crippen LogP contribution in [-0.2, 0) is 6.18 Å². The Bertz CT molecular complexity index is 1080. The molecule has 1 heterocycles. The maximum atomic E-state index is 13.3. The normalized spacial score (nSPS) is 13.8. The number of carbonyl (C=O) groups is 1. The van der Waals surface area contributed by atoms with Crippen LogP contribution in [0.2, 0.25) is 0 Å². The molecule has 1 aliphatic carbocycles. The van der Waals surface area contributed by atoms with Crippen LogP contribution in [0.25, 0.3) is 11.1 Å². The van der Waals surface area contributed by atoms with Crippen LogP contribution in [0.1, 0.15) is 40.2 Å². The molecule has 1 aromatic heterocycles. The minimum Gasteiger partial charge on any atom is -0.478 e. The van der Waals surface area contributed by atoms with Gasteiger partial charge in [-0.2, -0.15) is 13.2 Å². The van der Waals surface area contributed by atoms with Gasteiger partial charge in [0.15, 0.2) is 0 Å². The van der Waals surface area contributed by atoms with Gasteiger partial charge in [0.1, 0.15) is 0 Å². The van der Waals surface area contributed by atoms with Crippen molar-refractivity contribution in [1.82, 2.24) is 4.98 Å². The predicted molar refractivity (Wildman–Crippen MR) is 110 cm³/mol. The van der Waals surface area contributed by atoms with E-state index >= 15 is 0 Å². The van der Waals surface area contributed by atoms with Crippen molar-refractivity contribution < 1.29 is 23.1 Å². The van der Waals surface area contributed by atoms with E-state index in [-0.39, 0.29) is 11.3 Å². The van der Waals surface area contributed by atoms with Gasteiger partial charge in [0.25, 0.3) is 0 Å². The first-order chi connectivity index (χ1) is 14.3. The van der Waals surface area contributed by atoms with Gasteiger partial charge < -0.3 is 9.83 Å². The molecule has 2 N–H and O–H groups in total. The Balaban J connectivity index is 1.70. The second kappa shape index (κ2) is 8.02. The van der Waals surface area contributed by atoms with E-state index in [0.717, 1.165) is 42.5 Å². The number of benzene rings is 2. The third-order valence-corrected chi connectivity index (χ3v) is 5.76. The van der Waals surface area contributed by atoms with Gasteiger partial charge in [-0.1, -0.05) is 18.2 Å². The summed E-state index contributed by atoms with van der Waals surface area (Å²) in [6.07, 6.45) is 0.736. The molecule has 0 spiro atoms. The van der Waals surface area contributed by atoms with E-state index in [0.29, 0.717) is 21.9 Å². The molecule has 1 fully saturated rings. The molecule has 0 aliphatic heterocycles. The third-order valence-electron chi connectivity index (χ3n) is 4.87. The summed E-state index contributed by atoms with van der Waals surface area (Å²) in [4.78, 5) is 16.1. The van der Waals surface area contributed by atoms with Crippen LogP contribution in [0, 0.1) is 0 Å². The first kappa shape index (κ1) is 20.3. The van der Waals surface area contributed by atoms with Crippen molar-refractivity contribution in [2.45, 2.75) is 29.8 Å². The van der Waals surface area contributed by atoms with Gasteiger partial charge in [0.2, 0.25) is 0 Å². The van der Waals surface area contributed by atoms with E-state index in [4.69, 9.17) is 0 Å². The number of halogens is 3. The lowest BCUT2D eigenvalue weighted by molar-refractivity contribution is -0.137. The average Bonchev–Trinajstić information content (AvgIpc) is 3.57. The van der Waals surface area contributed by atoms with Crippen molar-refractivity contribution in [3.8, 4) is 11.1 Å². The SMILES string of the molecule is O=C(O)c1ccc(C2CC2)c(SNc2cc(C(F)(F)F)ccc2-c2cccnc2)c1. The maximum Gasteiger partial charge on any atom is 0.416 e. The number of nitrogens with zero attached hydrogens (tertiary/aromatic N) is 1. The molecule has 1 aliphatic rings. The summed E-state index contributed by atoms with van der Waals surface area (Å²) in [5.41, 5.74) is 1.92. The molecule has 0 amide bonds. The Morgan fingerprint density at radius 1 is 1.13 bits per heavy atom. The lowest BCUT2D eigenvalue weighted by Crippen LogP contribution is -2.06. The number of pyridine rings is 1. The number of alkyl halides is 3. The van der Waals surface area contributed by atoms with Crippen LogP contribution in [-0.4, -0.2) is 16.1 Å². The second-order valence-corrected chi connectivity index (χ2v) is 7.88. The smallest absolute Gasteiger partial charge is 0.416 e. The van der Waals surface area contributed by atoms with Crippen LogP contribution in [0.15, 0.2) is 65.8 Å². The van der Waals surface area contributed by atoms with Crippen molar-refractivity contribution in [2.75, 3.05) is 4.72 Å². The Hall–Kier alpha value is -3.00. The number of rotatable bonds is 6. The van der Waals surface area contributed by atoms with E-state index in [1.165, 1.54) is 6.07 Å². The van der Waals surface area contributed by atoms with E-state index in [1.807, 2.05) is 0 Å². The molecule has 8 heteroatoms. The lowest BCUT2D eigenvalue weighted by atomic mass is 10.0. The molecule has 1 saturated carbocycles. The van der Waals surface area contributed by atoms with Crippen molar-refractivity contribution in [1.29, 1.82) is 0 Å². The number of carboxylic acid groups (broad SMARTS) is 1. The van der Waals surface area contributed by atoms with Crippen LogP contribution < -0.4 is 4.72 Å². The Kier molecular flexibility index (Phi) is 5.42. The summed E-state index contributed by atoms with van der Waals surface area (Å²) < 4.78 is 42.8. The van der Waals surface area contributed by atoms with Crippen molar-refractivity contribution >= 4 is 23.6 Å². The summed E-state index contributed by atoms with van der Waals surface area (Å²) in [6, 6.07) is 11.9. The molecule has 0 radical (unpaired) electrons. The minimum atomic E-state index is -4.48. The number of hydrogen-bond acceptors (Lipinski definition) is 4. The molecule has 0 unspecified atom stereocenters. The third kappa shape index (κ3) is 4.43. The fourth-order valence-corrected chi connectivity index (χ4v) is 4.10. The molecule has 0 bridgehead atoms. The summed E-state index contributed by atoms with van der Waals surface area (Å²) in [5, 5.41) is 9.30. The number of carboxylic acids is 1. The van der Waals surface area contributed by atoms with Gasteiger partial charge in [-0.25, -0.2) is 4.79 Å². The number of aromatic nitrogens is 1. The Labute approximate surface area is 175 Å². The number of hydrogen-bond donors (Lipinski definition) is 2. The molecule has 3 aromatic rings. The van der Waals surface area contributed by atoms with E-state index < -0.39 is 17.7 Å². The van der Waals surface area contributed by atoms with Crippen molar-refractivity contribution in [3.63, 3.8) is 0 Å². The molecule has 0 atom stereocenters. The van der Waals surface area contributed by atoms with E-state index in [2.05, 4.69) is 9.71 Å². The fourth-order valence-electron chi connectivity index (χ4n) is 3.18. The largest absolute Gasteiger partial charge is 0.478 e. The van der Waals surface area contributed by atoms with Gasteiger partial charge in [0.05, 0.1) is 16.8 Å². The average molecular weight is 430 g/mol. The quantitative estimate of drug-likeness (QED) is 0.439. The highest BCUT2D eigenvalue weighted by Crippen LogP contribution is 2.45. The summed E-state index contributed by atoms with van der Waals surface area (Å²) in [5.74, 6) is -0.689. The summed E-state index contributed by atoms with van der Waals surface area (Å²) in [6.45, 7) is 0. The van der Waals surface area contributed by atoms with Crippen LogP contribution in [0.4, 0.5) is 18.9 Å². The molecule has 4 nitrogen and oxygen atoms in total. The first-order valence-corrected chi connectivity index (χ1v) is 10.1. The highest BCUT2D eigenvalue weighted by atomic mass is 32.2. The number of aromatic carboxylic acids is 1. The maximum absolute atomic E-state index is 13.3. The fraction of sp³-hybridized carbons (Fsp3) is 0.182. The Morgan fingerprint density at radius 3 is 2.57 bits per heavy atom. The van der Waals surface area contributed by atoms with Crippen molar-refractivity contribution in [2.24, 2.45) is 0 Å². The number of nitrogens with one attached hydrogen (secondary N) is 1. The zero-order valence-corrected chi connectivity index (χ0v) is 16.4. The summed E-state index contributed by atoms with van der Waals surface area (Å²) in [7, 11) is 0. The first-order valence-electron chi connectivity index (χ1n) is 9.24. The van der Waals surface area contributed by atoms with E-state index in [9.17, 15) is 23.1 Å². The van der Waals surface area contributed by atoms with Gasteiger partial charge in [-0.05, 0) is 66.6 Å².